The lowest BCUT2D eigenvalue weighted by Gasteiger charge is -2.38. The van der Waals surface area contributed by atoms with Gasteiger partial charge >= 0.3 is 0 Å². The zero-order valence-electron chi connectivity index (χ0n) is 10.9. The van der Waals surface area contributed by atoms with Gasteiger partial charge < -0.3 is 11.1 Å². The summed E-state index contributed by atoms with van der Waals surface area (Å²) in [5.41, 5.74) is 5.92. The lowest BCUT2D eigenvalue weighted by molar-refractivity contribution is 0.0847. The molecule has 5 nitrogen and oxygen atoms in total. The number of amides is 1. The van der Waals surface area contributed by atoms with Gasteiger partial charge in [-0.15, -0.1) is 10.2 Å². The number of rotatable bonds is 2. The Labute approximate surface area is 107 Å². The monoisotopic (exact) mass is 248 g/mol. The molecule has 5 heteroatoms. The maximum Gasteiger partial charge on any atom is 0.272 e. The van der Waals surface area contributed by atoms with Crippen LogP contribution in [0.2, 0.25) is 0 Å². The highest BCUT2D eigenvalue weighted by atomic mass is 16.2. The molecule has 1 amide bonds. The fourth-order valence-electron chi connectivity index (χ4n) is 2.46. The van der Waals surface area contributed by atoms with Gasteiger partial charge in [-0.2, -0.15) is 0 Å². The first-order valence-electron chi connectivity index (χ1n) is 6.39. The number of anilines is 1. The van der Waals surface area contributed by atoms with Crippen molar-refractivity contribution in [3.05, 3.63) is 17.8 Å². The van der Waals surface area contributed by atoms with Crippen LogP contribution in [-0.2, 0) is 0 Å². The van der Waals surface area contributed by atoms with E-state index in [0.29, 0.717) is 11.5 Å². The van der Waals surface area contributed by atoms with Crippen molar-refractivity contribution in [1.29, 1.82) is 0 Å². The van der Waals surface area contributed by atoms with Crippen LogP contribution in [0.4, 0.5) is 5.82 Å². The Morgan fingerprint density at radius 2 is 2.17 bits per heavy atom. The molecule has 1 atom stereocenters. The molecule has 98 valence electrons. The fourth-order valence-corrected chi connectivity index (χ4v) is 2.46. The fraction of sp³-hybridized carbons (Fsp3) is 0.615. The normalized spacial score (nSPS) is 22.4. The Balaban J connectivity index is 2.04. The van der Waals surface area contributed by atoms with Crippen molar-refractivity contribution in [1.82, 2.24) is 15.5 Å². The lowest BCUT2D eigenvalue weighted by atomic mass is 9.73. The Bertz CT molecular complexity index is 427. The summed E-state index contributed by atoms with van der Waals surface area (Å²) in [6.07, 6.45) is 4.58. The zero-order valence-corrected chi connectivity index (χ0v) is 10.9. The van der Waals surface area contributed by atoms with Crippen LogP contribution in [0.25, 0.3) is 0 Å². The third-order valence-electron chi connectivity index (χ3n) is 3.73. The third kappa shape index (κ3) is 2.78. The molecule has 0 spiro atoms. The molecule has 1 aliphatic carbocycles. The number of nitrogens with two attached hydrogens (primary N) is 1. The Morgan fingerprint density at radius 3 is 2.78 bits per heavy atom. The highest BCUT2D eigenvalue weighted by Gasteiger charge is 2.33. The summed E-state index contributed by atoms with van der Waals surface area (Å²) in [5.74, 6) is 0.159. The van der Waals surface area contributed by atoms with Crippen molar-refractivity contribution < 1.29 is 4.79 Å². The largest absolute Gasteiger partial charge is 0.382 e. The van der Waals surface area contributed by atoms with Gasteiger partial charge in [-0.25, -0.2) is 0 Å². The molecule has 0 bridgehead atoms. The number of nitrogens with zero attached hydrogens (tertiary/aromatic N) is 2. The van der Waals surface area contributed by atoms with E-state index >= 15 is 0 Å². The van der Waals surface area contributed by atoms with E-state index in [2.05, 4.69) is 29.4 Å². The average Bonchev–Trinajstić information content (AvgIpc) is 2.32. The smallest absolute Gasteiger partial charge is 0.272 e. The Hall–Kier alpha value is -1.65. The summed E-state index contributed by atoms with van der Waals surface area (Å²) in [6, 6.07) is 3.40. The van der Waals surface area contributed by atoms with Gasteiger partial charge in [0.1, 0.15) is 5.82 Å². The molecule has 1 aromatic heterocycles. The van der Waals surface area contributed by atoms with Crippen molar-refractivity contribution >= 4 is 11.7 Å². The summed E-state index contributed by atoms with van der Waals surface area (Å²) in [4.78, 5) is 12.1. The van der Waals surface area contributed by atoms with Crippen LogP contribution in [0.3, 0.4) is 0 Å². The predicted molar refractivity (Wildman–Crippen MR) is 69.9 cm³/mol. The van der Waals surface area contributed by atoms with Gasteiger partial charge in [0.05, 0.1) is 0 Å². The van der Waals surface area contributed by atoms with Crippen LogP contribution < -0.4 is 11.1 Å². The van der Waals surface area contributed by atoms with Crippen molar-refractivity contribution in [2.45, 2.75) is 45.6 Å². The minimum Gasteiger partial charge on any atom is -0.382 e. The SMILES string of the molecule is CC1(C)CCCCC1NC(=O)c1ccc(N)nn1. The van der Waals surface area contributed by atoms with Gasteiger partial charge in [0.15, 0.2) is 5.69 Å². The Kier molecular flexibility index (Phi) is 3.50. The number of nitrogens with one attached hydrogen (secondary N) is 1. The molecule has 1 aromatic rings. The van der Waals surface area contributed by atoms with Gasteiger partial charge in [0.25, 0.3) is 5.91 Å². The molecule has 1 heterocycles. The van der Waals surface area contributed by atoms with E-state index in [1.165, 1.54) is 12.8 Å². The zero-order chi connectivity index (χ0) is 13.2. The average molecular weight is 248 g/mol. The van der Waals surface area contributed by atoms with Crippen molar-refractivity contribution in [3.63, 3.8) is 0 Å². The summed E-state index contributed by atoms with van der Waals surface area (Å²) in [6.45, 7) is 4.40. The lowest BCUT2D eigenvalue weighted by Crippen LogP contribution is -2.47. The van der Waals surface area contributed by atoms with Crippen LogP contribution in [0.5, 0.6) is 0 Å². The second-order valence-electron chi connectivity index (χ2n) is 5.60. The van der Waals surface area contributed by atoms with Gasteiger partial charge in [0.2, 0.25) is 0 Å². The molecule has 2 rings (SSSR count). The van der Waals surface area contributed by atoms with E-state index in [4.69, 9.17) is 5.73 Å². The van der Waals surface area contributed by atoms with Gasteiger partial charge in [0, 0.05) is 6.04 Å². The number of carbonyl (C=O) groups is 1. The van der Waals surface area contributed by atoms with E-state index in [1.54, 1.807) is 12.1 Å². The van der Waals surface area contributed by atoms with Crippen molar-refractivity contribution in [3.8, 4) is 0 Å². The third-order valence-corrected chi connectivity index (χ3v) is 3.73. The Morgan fingerprint density at radius 1 is 1.39 bits per heavy atom. The second kappa shape index (κ2) is 4.92. The highest BCUT2D eigenvalue weighted by molar-refractivity contribution is 5.92. The van der Waals surface area contributed by atoms with E-state index in [0.717, 1.165) is 12.8 Å². The van der Waals surface area contributed by atoms with E-state index < -0.39 is 0 Å². The van der Waals surface area contributed by atoms with Gasteiger partial charge in [-0.3, -0.25) is 4.79 Å². The molecule has 1 unspecified atom stereocenters. The number of carbonyl (C=O) groups excluding carboxylic acids is 1. The molecule has 0 aliphatic heterocycles. The minimum absolute atomic E-state index is 0.148. The topological polar surface area (TPSA) is 80.9 Å². The van der Waals surface area contributed by atoms with Crippen LogP contribution in [-0.4, -0.2) is 22.1 Å². The molecule has 0 aromatic carbocycles. The molecule has 0 radical (unpaired) electrons. The molecular formula is C13H20N4O. The van der Waals surface area contributed by atoms with Gasteiger partial charge in [-0.1, -0.05) is 26.7 Å². The maximum absolute atomic E-state index is 12.1. The van der Waals surface area contributed by atoms with Crippen LogP contribution in [0.1, 0.15) is 50.0 Å². The number of aromatic nitrogens is 2. The minimum atomic E-state index is -0.164. The van der Waals surface area contributed by atoms with Crippen molar-refractivity contribution in [2.75, 3.05) is 5.73 Å². The molecule has 18 heavy (non-hydrogen) atoms. The number of hydrogen-bond donors (Lipinski definition) is 2. The standard InChI is InChI=1S/C13H20N4O/c1-13(2)8-4-3-5-10(13)15-12(18)9-6-7-11(14)17-16-9/h6-7,10H,3-5,8H2,1-2H3,(H2,14,17)(H,15,18). The quantitative estimate of drug-likeness (QED) is 0.835. The van der Waals surface area contributed by atoms with Crippen molar-refractivity contribution in [2.24, 2.45) is 5.41 Å². The van der Waals surface area contributed by atoms with E-state index in [-0.39, 0.29) is 17.4 Å². The first-order chi connectivity index (χ1) is 8.49. The van der Waals surface area contributed by atoms with Crippen LogP contribution in [0, 0.1) is 5.41 Å². The first kappa shape index (κ1) is 12.8. The summed E-state index contributed by atoms with van der Waals surface area (Å²) >= 11 is 0. The number of nitrogen functional groups attached to an aromatic ring is 1. The summed E-state index contributed by atoms with van der Waals surface area (Å²) in [7, 11) is 0. The van der Waals surface area contributed by atoms with E-state index in [1.807, 2.05) is 0 Å². The van der Waals surface area contributed by atoms with E-state index in [9.17, 15) is 4.79 Å². The van der Waals surface area contributed by atoms with Gasteiger partial charge in [-0.05, 0) is 30.4 Å². The first-order valence-corrected chi connectivity index (χ1v) is 6.39. The summed E-state index contributed by atoms with van der Waals surface area (Å²) in [5, 5.41) is 10.6. The number of hydrogen-bond acceptors (Lipinski definition) is 4. The molecule has 0 saturated heterocycles. The highest BCUT2D eigenvalue weighted by Crippen LogP contribution is 2.35. The molecule has 1 fully saturated rings. The second-order valence-corrected chi connectivity index (χ2v) is 5.60. The molecule has 1 saturated carbocycles. The predicted octanol–water partition coefficient (Wildman–Crippen LogP) is 1.76. The van der Waals surface area contributed by atoms with Crippen LogP contribution >= 0.6 is 0 Å². The maximum atomic E-state index is 12.1. The molecule has 1 aliphatic rings. The summed E-state index contributed by atoms with van der Waals surface area (Å²) < 4.78 is 0. The molecule has 3 N–H and O–H groups in total. The molecular weight excluding hydrogens is 228 g/mol. The van der Waals surface area contributed by atoms with Crippen LogP contribution in [0.15, 0.2) is 12.1 Å².